The zero-order valence-corrected chi connectivity index (χ0v) is 10.1. The van der Waals surface area contributed by atoms with Gasteiger partial charge in [0, 0.05) is 12.4 Å². The molecule has 5 heteroatoms. The van der Waals surface area contributed by atoms with Crippen LogP contribution in [0.3, 0.4) is 0 Å². The van der Waals surface area contributed by atoms with Crippen LogP contribution in [0.5, 0.6) is 0 Å². The maximum absolute atomic E-state index is 4.44. The van der Waals surface area contributed by atoms with Crippen molar-refractivity contribution in [1.82, 2.24) is 19.7 Å². The fourth-order valence-corrected chi connectivity index (χ4v) is 1.64. The summed E-state index contributed by atoms with van der Waals surface area (Å²) in [5, 5.41) is 4.44. The van der Waals surface area contributed by atoms with Crippen molar-refractivity contribution in [2.45, 2.75) is 19.8 Å². The van der Waals surface area contributed by atoms with Crippen LogP contribution in [0.25, 0.3) is 5.82 Å². The van der Waals surface area contributed by atoms with Crippen LogP contribution < -0.4 is 0 Å². The second-order valence-corrected chi connectivity index (χ2v) is 4.39. The SMILES string of the molecule is CC(C)c1ccn(-c2ncncc2Br)n1. The van der Waals surface area contributed by atoms with Crippen LogP contribution in [0.1, 0.15) is 25.5 Å². The number of hydrogen-bond donors (Lipinski definition) is 0. The Hall–Kier alpha value is -1.23. The number of rotatable bonds is 2. The molecule has 0 N–H and O–H groups in total. The van der Waals surface area contributed by atoms with Crippen LogP contribution in [0.15, 0.2) is 29.3 Å². The molecule has 0 unspecified atom stereocenters. The smallest absolute Gasteiger partial charge is 0.170 e. The maximum atomic E-state index is 4.44. The maximum Gasteiger partial charge on any atom is 0.170 e. The molecule has 0 saturated carbocycles. The molecule has 0 bridgehead atoms. The molecule has 0 aliphatic heterocycles. The van der Waals surface area contributed by atoms with Gasteiger partial charge in [-0.1, -0.05) is 13.8 Å². The monoisotopic (exact) mass is 266 g/mol. The number of hydrogen-bond acceptors (Lipinski definition) is 3. The van der Waals surface area contributed by atoms with Gasteiger partial charge in [-0.3, -0.25) is 0 Å². The average Bonchev–Trinajstić information content (AvgIpc) is 2.67. The molecule has 4 nitrogen and oxygen atoms in total. The molecule has 2 aromatic heterocycles. The van der Waals surface area contributed by atoms with Gasteiger partial charge >= 0.3 is 0 Å². The van der Waals surface area contributed by atoms with Crippen molar-refractivity contribution in [2.75, 3.05) is 0 Å². The molecule has 2 rings (SSSR count). The van der Waals surface area contributed by atoms with Gasteiger partial charge in [-0.25, -0.2) is 14.6 Å². The van der Waals surface area contributed by atoms with Crippen LogP contribution in [0.4, 0.5) is 0 Å². The molecule has 2 heterocycles. The van der Waals surface area contributed by atoms with E-state index < -0.39 is 0 Å². The summed E-state index contributed by atoms with van der Waals surface area (Å²) in [5.41, 5.74) is 1.06. The van der Waals surface area contributed by atoms with Gasteiger partial charge in [-0.05, 0) is 27.9 Å². The highest BCUT2D eigenvalue weighted by Gasteiger charge is 2.07. The molecule has 0 fully saturated rings. The topological polar surface area (TPSA) is 43.6 Å². The second kappa shape index (κ2) is 4.10. The van der Waals surface area contributed by atoms with Crippen molar-refractivity contribution in [1.29, 1.82) is 0 Å². The van der Waals surface area contributed by atoms with E-state index in [9.17, 15) is 0 Å². The minimum absolute atomic E-state index is 0.423. The standard InChI is InChI=1S/C10H11BrN4/c1-7(2)9-3-4-15(14-9)10-8(11)5-12-6-13-10/h3-7H,1-2H3. The predicted octanol–water partition coefficient (Wildman–Crippen LogP) is 2.55. The van der Waals surface area contributed by atoms with Crippen LogP contribution in [0, 0.1) is 0 Å². The fraction of sp³-hybridized carbons (Fsp3) is 0.300. The highest BCUT2D eigenvalue weighted by molar-refractivity contribution is 9.10. The largest absolute Gasteiger partial charge is 0.243 e. The Bertz CT molecular complexity index is 464. The molecule has 0 atom stereocenters. The molecule has 15 heavy (non-hydrogen) atoms. The molecule has 0 aliphatic rings. The molecule has 0 radical (unpaired) electrons. The lowest BCUT2D eigenvalue weighted by Crippen LogP contribution is -2.01. The Labute approximate surface area is 96.5 Å². The summed E-state index contributed by atoms with van der Waals surface area (Å²) in [6.45, 7) is 4.23. The minimum atomic E-state index is 0.423. The second-order valence-electron chi connectivity index (χ2n) is 3.53. The quantitative estimate of drug-likeness (QED) is 0.839. The van der Waals surface area contributed by atoms with Crippen molar-refractivity contribution in [2.24, 2.45) is 0 Å². The summed E-state index contributed by atoms with van der Waals surface area (Å²) in [7, 11) is 0. The highest BCUT2D eigenvalue weighted by Crippen LogP contribution is 2.18. The van der Waals surface area contributed by atoms with Crippen molar-refractivity contribution >= 4 is 15.9 Å². The van der Waals surface area contributed by atoms with Gasteiger partial charge in [0.15, 0.2) is 5.82 Å². The zero-order valence-electron chi connectivity index (χ0n) is 8.55. The van der Waals surface area contributed by atoms with Gasteiger partial charge in [0.05, 0.1) is 10.2 Å². The summed E-state index contributed by atoms with van der Waals surface area (Å²) in [5.74, 6) is 1.18. The first-order valence-electron chi connectivity index (χ1n) is 4.70. The Kier molecular flexibility index (Phi) is 2.81. The van der Waals surface area contributed by atoms with Crippen LogP contribution in [-0.2, 0) is 0 Å². The third-order valence-corrected chi connectivity index (χ3v) is 2.63. The van der Waals surface area contributed by atoms with E-state index in [1.807, 2.05) is 12.3 Å². The Morgan fingerprint density at radius 2 is 2.20 bits per heavy atom. The first-order valence-corrected chi connectivity index (χ1v) is 5.49. The van der Waals surface area contributed by atoms with Gasteiger partial charge in [0.25, 0.3) is 0 Å². The number of aromatic nitrogens is 4. The third kappa shape index (κ3) is 2.07. The third-order valence-electron chi connectivity index (χ3n) is 2.07. The predicted molar refractivity (Wildman–Crippen MR) is 60.9 cm³/mol. The highest BCUT2D eigenvalue weighted by atomic mass is 79.9. The molecule has 2 aromatic rings. The molecule has 0 saturated heterocycles. The Balaban J connectivity index is 2.42. The van der Waals surface area contributed by atoms with E-state index in [0.29, 0.717) is 5.92 Å². The lowest BCUT2D eigenvalue weighted by molar-refractivity contribution is 0.753. The minimum Gasteiger partial charge on any atom is -0.243 e. The number of halogens is 1. The first-order chi connectivity index (χ1) is 7.18. The molecule has 0 spiro atoms. The van der Waals surface area contributed by atoms with Gasteiger partial charge in [0.2, 0.25) is 0 Å². The van der Waals surface area contributed by atoms with Crippen LogP contribution in [0.2, 0.25) is 0 Å². The van der Waals surface area contributed by atoms with E-state index >= 15 is 0 Å². The van der Waals surface area contributed by atoms with Crippen molar-refractivity contribution in [3.8, 4) is 5.82 Å². The van der Waals surface area contributed by atoms with Crippen LogP contribution >= 0.6 is 15.9 Å². The van der Waals surface area contributed by atoms with Crippen LogP contribution in [-0.4, -0.2) is 19.7 Å². The normalized spacial score (nSPS) is 10.9. The summed E-state index contributed by atoms with van der Waals surface area (Å²) in [6.07, 6.45) is 5.12. The van der Waals surface area contributed by atoms with Gasteiger partial charge < -0.3 is 0 Å². The average molecular weight is 267 g/mol. The van der Waals surface area contributed by atoms with E-state index in [1.165, 1.54) is 6.33 Å². The van der Waals surface area contributed by atoms with Gasteiger partial charge in [-0.2, -0.15) is 5.10 Å². The summed E-state index contributed by atoms with van der Waals surface area (Å²) >= 11 is 3.39. The van der Waals surface area contributed by atoms with E-state index in [-0.39, 0.29) is 0 Å². The molecule has 78 valence electrons. The van der Waals surface area contributed by atoms with Crippen molar-refractivity contribution in [3.63, 3.8) is 0 Å². The first kappa shape index (κ1) is 10.3. The summed E-state index contributed by atoms with van der Waals surface area (Å²) in [4.78, 5) is 8.08. The summed E-state index contributed by atoms with van der Waals surface area (Å²) < 4.78 is 2.59. The lowest BCUT2D eigenvalue weighted by Gasteiger charge is -2.02. The molecule has 0 amide bonds. The van der Waals surface area contributed by atoms with Crippen molar-refractivity contribution in [3.05, 3.63) is 35.0 Å². The summed E-state index contributed by atoms with van der Waals surface area (Å²) in [6, 6.07) is 2.00. The Morgan fingerprint density at radius 1 is 1.40 bits per heavy atom. The zero-order chi connectivity index (χ0) is 10.8. The molecule has 0 aromatic carbocycles. The lowest BCUT2D eigenvalue weighted by atomic mass is 10.1. The van der Waals surface area contributed by atoms with E-state index in [4.69, 9.17) is 0 Å². The van der Waals surface area contributed by atoms with Gasteiger partial charge in [-0.15, -0.1) is 0 Å². The Morgan fingerprint density at radius 3 is 2.80 bits per heavy atom. The molecular formula is C10H11BrN4. The molecular weight excluding hydrogens is 256 g/mol. The van der Waals surface area contributed by atoms with E-state index in [1.54, 1.807) is 10.9 Å². The van der Waals surface area contributed by atoms with Crippen molar-refractivity contribution < 1.29 is 0 Å². The van der Waals surface area contributed by atoms with Gasteiger partial charge in [0.1, 0.15) is 6.33 Å². The fourth-order valence-electron chi connectivity index (χ4n) is 1.24. The van der Waals surface area contributed by atoms with E-state index in [2.05, 4.69) is 44.8 Å². The number of nitrogens with zero attached hydrogens (tertiary/aromatic N) is 4. The molecule has 0 aliphatic carbocycles. The van der Waals surface area contributed by atoms with E-state index in [0.717, 1.165) is 16.0 Å².